The molecule has 130 valence electrons. The van der Waals surface area contributed by atoms with Crippen LogP contribution in [0.1, 0.15) is 24.7 Å². The van der Waals surface area contributed by atoms with Gasteiger partial charge in [-0.3, -0.25) is 9.47 Å². The highest BCUT2D eigenvalue weighted by atomic mass is 32.2. The van der Waals surface area contributed by atoms with Crippen LogP contribution in [-0.2, 0) is 11.2 Å². The Hall–Kier alpha value is -2.54. The number of benzene rings is 1. The first kappa shape index (κ1) is 17.3. The first-order valence-electron chi connectivity index (χ1n) is 8.24. The fraction of sp³-hybridized carbons (Fsp3) is 0.278. The second kappa shape index (κ2) is 8.02. The van der Waals surface area contributed by atoms with E-state index >= 15 is 0 Å². The number of nitrogens with one attached hydrogen (secondary N) is 1. The van der Waals surface area contributed by atoms with Gasteiger partial charge in [-0.1, -0.05) is 30.8 Å². The van der Waals surface area contributed by atoms with Crippen molar-refractivity contribution in [3.63, 3.8) is 0 Å². The van der Waals surface area contributed by atoms with E-state index in [9.17, 15) is 4.79 Å². The molecular weight excluding hydrogens is 334 g/mol. The fourth-order valence-electron chi connectivity index (χ4n) is 2.51. The van der Waals surface area contributed by atoms with Gasteiger partial charge < -0.3 is 5.32 Å². The zero-order valence-corrected chi connectivity index (χ0v) is 15.2. The van der Waals surface area contributed by atoms with Crippen LogP contribution in [0.2, 0.25) is 0 Å². The standard InChI is InChI=1S/C18H21N5OS/c1-3-7-16-20-21-18(23(16)22-10-4-5-11-22)25-13-17(24)19-15-9-6-8-14(2)12-15/h4-6,8-12H,3,7,13H2,1-2H3,(H,19,24). The monoisotopic (exact) mass is 355 g/mol. The summed E-state index contributed by atoms with van der Waals surface area (Å²) >= 11 is 1.38. The smallest absolute Gasteiger partial charge is 0.234 e. The number of carbonyl (C=O) groups excluding carboxylic acids is 1. The number of aromatic nitrogens is 4. The molecule has 0 saturated carbocycles. The van der Waals surface area contributed by atoms with E-state index in [2.05, 4.69) is 22.4 Å². The van der Waals surface area contributed by atoms with Crippen molar-refractivity contribution in [1.29, 1.82) is 0 Å². The minimum Gasteiger partial charge on any atom is -0.325 e. The lowest BCUT2D eigenvalue weighted by atomic mass is 10.2. The number of amides is 1. The molecule has 3 aromatic rings. The molecule has 0 radical (unpaired) electrons. The normalized spacial score (nSPS) is 10.8. The van der Waals surface area contributed by atoms with Crippen molar-refractivity contribution in [1.82, 2.24) is 19.5 Å². The van der Waals surface area contributed by atoms with Crippen molar-refractivity contribution < 1.29 is 4.79 Å². The second-order valence-electron chi connectivity index (χ2n) is 5.73. The van der Waals surface area contributed by atoms with E-state index in [-0.39, 0.29) is 11.7 Å². The summed E-state index contributed by atoms with van der Waals surface area (Å²) in [6, 6.07) is 11.7. The van der Waals surface area contributed by atoms with Crippen LogP contribution in [0.5, 0.6) is 0 Å². The van der Waals surface area contributed by atoms with Crippen molar-refractivity contribution in [2.75, 3.05) is 11.1 Å². The predicted octanol–water partition coefficient (Wildman–Crippen LogP) is 3.38. The summed E-state index contributed by atoms with van der Waals surface area (Å²) in [5.41, 5.74) is 1.92. The summed E-state index contributed by atoms with van der Waals surface area (Å²) < 4.78 is 3.89. The highest BCUT2D eigenvalue weighted by Gasteiger charge is 2.15. The Bertz CT molecular complexity index is 841. The maximum Gasteiger partial charge on any atom is 0.234 e. The third kappa shape index (κ3) is 4.30. The van der Waals surface area contributed by atoms with Gasteiger partial charge in [-0.2, -0.15) is 0 Å². The summed E-state index contributed by atoms with van der Waals surface area (Å²) in [7, 11) is 0. The second-order valence-corrected chi connectivity index (χ2v) is 6.67. The Labute approximate surface area is 151 Å². The lowest BCUT2D eigenvalue weighted by molar-refractivity contribution is -0.113. The van der Waals surface area contributed by atoms with Gasteiger partial charge in [0.1, 0.15) is 0 Å². The molecule has 0 unspecified atom stereocenters. The third-order valence-corrected chi connectivity index (χ3v) is 4.52. The average molecular weight is 355 g/mol. The Morgan fingerprint density at radius 1 is 1.20 bits per heavy atom. The predicted molar refractivity (Wildman–Crippen MR) is 99.8 cm³/mol. The van der Waals surface area contributed by atoms with Crippen molar-refractivity contribution >= 4 is 23.4 Å². The molecule has 0 aliphatic rings. The van der Waals surface area contributed by atoms with Crippen LogP contribution in [-0.4, -0.2) is 31.2 Å². The molecule has 3 rings (SSSR count). The highest BCUT2D eigenvalue weighted by molar-refractivity contribution is 7.99. The topological polar surface area (TPSA) is 64.7 Å². The molecule has 0 spiro atoms. The van der Waals surface area contributed by atoms with Gasteiger partial charge in [0.05, 0.1) is 5.75 Å². The summed E-state index contributed by atoms with van der Waals surface area (Å²) in [5.74, 6) is 1.11. The van der Waals surface area contributed by atoms with E-state index in [1.165, 1.54) is 11.8 Å². The lowest BCUT2D eigenvalue weighted by Gasteiger charge is -2.11. The SMILES string of the molecule is CCCc1nnc(SCC(=O)Nc2cccc(C)c2)n1-n1cccc1. The molecule has 7 heteroatoms. The maximum absolute atomic E-state index is 12.2. The van der Waals surface area contributed by atoms with Gasteiger partial charge in [-0.25, -0.2) is 4.68 Å². The first-order valence-corrected chi connectivity index (χ1v) is 9.23. The zero-order valence-electron chi connectivity index (χ0n) is 14.3. The van der Waals surface area contributed by atoms with Crippen LogP contribution < -0.4 is 5.32 Å². The van der Waals surface area contributed by atoms with Crippen molar-refractivity contribution in [3.8, 4) is 0 Å². The Morgan fingerprint density at radius 2 is 2.00 bits per heavy atom. The van der Waals surface area contributed by atoms with Crippen LogP contribution in [0, 0.1) is 6.92 Å². The molecule has 0 fully saturated rings. The van der Waals surface area contributed by atoms with Gasteiger partial charge in [0.2, 0.25) is 11.1 Å². The fourth-order valence-corrected chi connectivity index (χ4v) is 3.26. The number of hydrogen-bond donors (Lipinski definition) is 1. The number of thioether (sulfide) groups is 1. The molecule has 1 N–H and O–H groups in total. The van der Waals surface area contributed by atoms with E-state index in [0.29, 0.717) is 5.16 Å². The van der Waals surface area contributed by atoms with Crippen molar-refractivity contribution in [2.24, 2.45) is 0 Å². The van der Waals surface area contributed by atoms with Crippen molar-refractivity contribution in [3.05, 3.63) is 60.2 Å². The summed E-state index contributed by atoms with van der Waals surface area (Å²) in [5, 5.41) is 12.2. The minimum atomic E-state index is -0.0605. The van der Waals surface area contributed by atoms with E-state index < -0.39 is 0 Å². The molecule has 0 atom stereocenters. The number of hydrogen-bond acceptors (Lipinski definition) is 4. The van der Waals surface area contributed by atoms with Gasteiger partial charge in [0, 0.05) is 24.5 Å². The molecule has 2 aromatic heterocycles. The molecule has 2 heterocycles. The van der Waals surface area contributed by atoms with Gasteiger partial charge >= 0.3 is 0 Å². The lowest BCUT2D eigenvalue weighted by Crippen LogP contribution is -2.16. The highest BCUT2D eigenvalue weighted by Crippen LogP contribution is 2.19. The van der Waals surface area contributed by atoms with Gasteiger partial charge in [-0.15, -0.1) is 10.2 Å². The van der Waals surface area contributed by atoms with Crippen molar-refractivity contribution in [2.45, 2.75) is 31.8 Å². The van der Waals surface area contributed by atoms with Crippen LogP contribution in [0.25, 0.3) is 0 Å². The van der Waals surface area contributed by atoms with Crippen LogP contribution in [0.15, 0.2) is 53.9 Å². The number of aryl methyl sites for hydroxylation is 2. The Kier molecular flexibility index (Phi) is 5.55. The van der Waals surface area contributed by atoms with E-state index in [0.717, 1.165) is 29.9 Å². The number of anilines is 1. The summed E-state index contributed by atoms with van der Waals surface area (Å²) in [6.07, 6.45) is 5.71. The van der Waals surface area contributed by atoms with Crippen LogP contribution >= 0.6 is 11.8 Å². The molecule has 0 aliphatic heterocycles. The molecule has 6 nitrogen and oxygen atoms in total. The minimum absolute atomic E-state index is 0.0605. The Balaban J connectivity index is 1.69. The maximum atomic E-state index is 12.2. The summed E-state index contributed by atoms with van der Waals surface area (Å²) in [4.78, 5) is 12.2. The van der Waals surface area contributed by atoms with Gasteiger partial charge in [0.25, 0.3) is 0 Å². The van der Waals surface area contributed by atoms with E-state index in [1.54, 1.807) is 0 Å². The molecule has 0 aliphatic carbocycles. The molecule has 1 amide bonds. The summed E-state index contributed by atoms with van der Waals surface area (Å²) in [6.45, 7) is 4.11. The molecule has 0 saturated heterocycles. The quantitative estimate of drug-likeness (QED) is 0.660. The third-order valence-electron chi connectivity index (χ3n) is 3.60. The first-order chi connectivity index (χ1) is 12.2. The van der Waals surface area contributed by atoms with Gasteiger partial charge in [-0.05, 0) is 43.2 Å². The molecular formula is C18H21N5OS. The largest absolute Gasteiger partial charge is 0.325 e. The molecule has 1 aromatic carbocycles. The zero-order chi connectivity index (χ0) is 17.6. The molecule has 0 bridgehead atoms. The van der Waals surface area contributed by atoms with Crippen LogP contribution in [0.4, 0.5) is 5.69 Å². The number of carbonyl (C=O) groups is 1. The Morgan fingerprint density at radius 3 is 2.72 bits per heavy atom. The number of rotatable bonds is 7. The average Bonchev–Trinajstić information content (AvgIpc) is 3.22. The molecule has 25 heavy (non-hydrogen) atoms. The van der Waals surface area contributed by atoms with Crippen LogP contribution in [0.3, 0.4) is 0 Å². The number of nitrogens with zero attached hydrogens (tertiary/aromatic N) is 4. The van der Waals surface area contributed by atoms with Gasteiger partial charge in [0.15, 0.2) is 5.82 Å². The van der Waals surface area contributed by atoms with E-state index in [1.807, 2.05) is 65.1 Å². The van der Waals surface area contributed by atoms with E-state index in [4.69, 9.17) is 0 Å².